The lowest BCUT2D eigenvalue weighted by Crippen LogP contribution is -2.35. The number of carbonyl (C=O) groups excluding carboxylic acids is 1. The largest absolute Gasteiger partial charge is 0.444 e. The first-order valence-electron chi connectivity index (χ1n) is 8.84. The molecule has 1 aromatic heterocycles. The zero-order chi connectivity index (χ0) is 21.2. The smallest absolute Gasteiger partial charge is 0.296 e. The molecule has 29 heavy (non-hydrogen) atoms. The topological polar surface area (TPSA) is 85.4 Å². The first-order chi connectivity index (χ1) is 13.5. The molecule has 1 N–H and O–H groups in total. The van der Waals surface area contributed by atoms with E-state index in [1.807, 2.05) is 0 Å². The second kappa shape index (κ2) is 8.19. The molecule has 1 aromatic carbocycles. The van der Waals surface area contributed by atoms with Gasteiger partial charge in [0.2, 0.25) is 5.06 Å². The lowest BCUT2D eigenvalue weighted by Gasteiger charge is -2.14. The molecule has 0 aliphatic heterocycles. The summed E-state index contributed by atoms with van der Waals surface area (Å²) < 4.78 is 56.0. The maximum absolute atomic E-state index is 13.8. The Morgan fingerprint density at radius 1 is 1.34 bits per heavy atom. The SMILES string of the molecule is CC(F)(F)c1nc(C(=O)N[C@H](/C=C/S(C)(=O)=O)C2CC2)c(Oc2ccccc2)s1. The van der Waals surface area contributed by atoms with Crippen molar-refractivity contribution in [3.05, 3.63) is 52.5 Å². The number of carbonyl (C=O) groups is 1. The number of thiazole rings is 1. The highest BCUT2D eigenvalue weighted by Crippen LogP contribution is 2.39. The molecule has 0 bridgehead atoms. The van der Waals surface area contributed by atoms with Gasteiger partial charge < -0.3 is 10.1 Å². The summed E-state index contributed by atoms with van der Waals surface area (Å²) in [4.78, 5) is 16.6. The predicted octanol–water partition coefficient (Wildman–Crippen LogP) is 4.11. The molecule has 1 atom stereocenters. The quantitative estimate of drug-likeness (QED) is 0.665. The van der Waals surface area contributed by atoms with Gasteiger partial charge in [0.1, 0.15) is 5.75 Å². The average molecular weight is 443 g/mol. The maximum atomic E-state index is 13.8. The summed E-state index contributed by atoms with van der Waals surface area (Å²) in [5.41, 5.74) is -0.256. The third-order valence-corrected chi connectivity index (χ3v) is 5.86. The third kappa shape index (κ3) is 6.07. The van der Waals surface area contributed by atoms with Gasteiger partial charge in [0.25, 0.3) is 11.8 Å². The summed E-state index contributed by atoms with van der Waals surface area (Å²) in [7, 11) is -3.36. The molecule has 1 fully saturated rings. The second-order valence-electron chi connectivity index (χ2n) is 6.95. The summed E-state index contributed by atoms with van der Waals surface area (Å²) in [5.74, 6) is -3.45. The number of nitrogens with one attached hydrogen (secondary N) is 1. The van der Waals surface area contributed by atoms with Crippen LogP contribution in [-0.4, -0.2) is 31.6 Å². The summed E-state index contributed by atoms with van der Waals surface area (Å²) >= 11 is 0.600. The van der Waals surface area contributed by atoms with Gasteiger partial charge in [-0.3, -0.25) is 4.79 Å². The minimum Gasteiger partial charge on any atom is -0.444 e. The van der Waals surface area contributed by atoms with Crippen LogP contribution < -0.4 is 10.1 Å². The number of benzene rings is 1. The number of ether oxygens (including phenoxy) is 1. The summed E-state index contributed by atoms with van der Waals surface area (Å²) in [6, 6.07) is 7.93. The number of hydrogen-bond acceptors (Lipinski definition) is 6. The molecule has 0 unspecified atom stereocenters. The number of sulfone groups is 1. The molecule has 156 valence electrons. The standard InChI is InChI=1S/C19H20F2N2O4S2/c1-19(20,21)18-23-15(17(28-18)27-13-6-4-3-5-7-13)16(24)22-14(12-8-9-12)10-11-29(2,25)26/h3-7,10-12,14H,8-9H2,1-2H3,(H,22,24)/b11-10+/t14-/m1/s1. The van der Waals surface area contributed by atoms with E-state index < -0.39 is 32.7 Å². The Morgan fingerprint density at radius 2 is 2.00 bits per heavy atom. The van der Waals surface area contributed by atoms with Crippen molar-refractivity contribution in [3.8, 4) is 10.8 Å². The van der Waals surface area contributed by atoms with E-state index in [2.05, 4.69) is 10.3 Å². The molecule has 2 aromatic rings. The highest BCUT2D eigenvalue weighted by Gasteiger charge is 2.35. The number of halogens is 2. The summed E-state index contributed by atoms with van der Waals surface area (Å²) in [6.07, 6.45) is 4.13. The molecule has 0 spiro atoms. The number of hydrogen-bond donors (Lipinski definition) is 1. The molecule has 1 aliphatic carbocycles. The monoisotopic (exact) mass is 442 g/mol. The van der Waals surface area contributed by atoms with Crippen LogP contribution in [0, 0.1) is 5.92 Å². The van der Waals surface area contributed by atoms with Gasteiger partial charge in [-0.05, 0) is 30.9 Å². The van der Waals surface area contributed by atoms with Crippen LogP contribution >= 0.6 is 11.3 Å². The Kier molecular flexibility index (Phi) is 6.04. The van der Waals surface area contributed by atoms with E-state index in [0.717, 1.165) is 24.5 Å². The highest BCUT2D eigenvalue weighted by molar-refractivity contribution is 7.93. The number of para-hydroxylation sites is 1. The second-order valence-corrected chi connectivity index (χ2v) is 9.85. The highest BCUT2D eigenvalue weighted by atomic mass is 32.2. The van der Waals surface area contributed by atoms with Crippen molar-refractivity contribution >= 4 is 27.1 Å². The van der Waals surface area contributed by atoms with Gasteiger partial charge in [0, 0.05) is 18.6 Å². The predicted molar refractivity (Wildman–Crippen MR) is 106 cm³/mol. The van der Waals surface area contributed by atoms with Crippen molar-refractivity contribution in [2.45, 2.75) is 31.7 Å². The molecule has 0 radical (unpaired) electrons. The molecule has 3 rings (SSSR count). The number of amides is 1. The van der Waals surface area contributed by atoms with Crippen LogP contribution in [0.1, 0.15) is 35.3 Å². The van der Waals surface area contributed by atoms with E-state index in [9.17, 15) is 22.0 Å². The van der Waals surface area contributed by atoms with Gasteiger partial charge >= 0.3 is 0 Å². The Balaban J connectivity index is 1.88. The van der Waals surface area contributed by atoms with Crippen LogP contribution in [0.15, 0.2) is 41.8 Å². The minimum absolute atomic E-state index is 0.0492. The average Bonchev–Trinajstić information content (AvgIpc) is 3.37. The van der Waals surface area contributed by atoms with Crippen molar-refractivity contribution in [2.24, 2.45) is 5.92 Å². The van der Waals surface area contributed by atoms with Crippen molar-refractivity contribution < 1.29 is 26.7 Å². The van der Waals surface area contributed by atoms with E-state index in [1.54, 1.807) is 30.3 Å². The molecule has 10 heteroatoms. The molecule has 1 amide bonds. The fourth-order valence-corrected chi connectivity index (χ4v) is 3.85. The van der Waals surface area contributed by atoms with Crippen LogP contribution in [0.5, 0.6) is 10.8 Å². The fraction of sp³-hybridized carbons (Fsp3) is 0.368. The first kappa shape index (κ1) is 21.4. The molecular weight excluding hydrogens is 422 g/mol. The van der Waals surface area contributed by atoms with Gasteiger partial charge in [0.05, 0.1) is 6.04 Å². The minimum atomic E-state index is -3.36. The summed E-state index contributed by atoms with van der Waals surface area (Å²) in [5, 5.41) is 3.13. The zero-order valence-electron chi connectivity index (χ0n) is 15.8. The molecule has 1 saturated carbocycles. The van der Waals surface area contributed by atoms with E-state index in [-0.39, 0.29) is 16.7 Å². The summed E-state index contributed by atoms with van der Waals surface area (Å²) in [6.45, 7) is 0.696. The number of alkyl halides is 2. The van der Waals surface area contributed by atoms with Crippen molar-refractivity contribution in [1.82, 2.24) is 10.3 Å². The Morgan fingerprint density at radius 3 is 2.55 bits per heavy atom. The van der Waals surface area contributed by atoms with Gasteiger partial charge in [0.15, 0.2) is 20.5 Å². The molecular formula is C19H20F2N2O4S2. The van der Waals surface area contributed by atoms with Crippen LogP contribution in [0.3, 0.4) is 0 Å². The molecule has 1 heterocycles. The lowest BCUT2D eigenvalue weighted by atomic mass is 10.2. The normalized spacial score (nSPS) is 16.0. The van der Waals surface area contributed by atoms with E-state index in [0.29, 0.717) is 24.0 Å². The first-order valence-corrected chi connectivity index (χ1v) is 11.6. The molecule has 6 nitrogen and oxygen atoms in total. The third-order valence-electron chi connectivity index (χ3n) is 4.10. The Hall–Kier alpha value is -2.33. The van der Waals surface area contributed by atoms with Crippen molar-refractivity contribution in [3.63, 3.8) is 0 Å². The van der Waals surface area contributed by atoms with Gasteiger partial charge in [-0.2, -0.15) is 8.78 Å². The van der Waals surface area contributed by atoms with Gasteiger partial charge in [-0.25, -0.2) is 13.4 Å². The van der Waals surface area contributed by atoms with Crippen LogP contribution in [-0.2, 0) is 15.8 Å². The number of nitrogens with zero attached hydrogens (tertiary/aromatic N) is 1. The zero-order valence-corrected chi connectivity index (χ0v) is 17.4. The van der Waals surface area contributed by atoms with Crippen LogP contribution in [0.4, 0.5) is 8.78 Å². The molecule has 1 aliphatic rings. The van der Waals surface area contributed by atoms with Crippen LogP contribution in [0.2, 0.25) is 0 Å². The van der Waals surface area contributed by atoms with E-state index in [1.165, 1.54) is 6.08 Å². The van der Waals surface area contributed by atoms with Gasteiger partial charge in [-0.15, -0.1) is 0 Å². The lowest BCUT2D eigenvalue weighted by molar-refractivity contribution is 0.0171. The Bertz CT molecular complexity index is 1010. The van der Waals surface area contributed by atoms with Crippen LogP contribution in [0.25, 0.3) is 0 Å². The molecule has 0 saturated heterocycles. The maximum Gasteiger partial charge on any atom is 0.296 e. The van der Waals surface area contributed by atoms with E-state index >= 15 is 0 Å². The Labute approximate surface area is 171 Å². The number of aromatic nitrogens is 1. The van der Waals surface area contributed by atoms with E-state index in [4.69, 9.17) is 4.74 Å². The van der Waals surface area contributed by atoms with Crippen molar-refractivity contribution in [2.75, 3.05) is 6.26 Å². The van der Waals surface area contributed by atoms with Crippen molar-refractivity contribution in [1.29, 1.82) is 0 Å². The van der Waals surface area contributed by atoms with Gasteiger partial charge in [-0.1, -0.05) is 35.6 Å². The fourth-order valence-electron chi connectivity index (χ4n) is 2.53. The number of rotatable bonds is 8.